The van der Waals surface area contributed by atoms with Gasteiger partial charge in [-0.1, -0.05) is 30.3 Å². The van der Waals surface area contributed by atoms with E-state index >= 15 is 0 Å². The molecule has 5 rings (SSSR count). The summed E-state index contributed by atoms with van der Waals surface area (Å²) in [5.74, 6) is 1.72. The van der Waals surface area contributed by atoms with Gasteiger partial charge >= 0.3 is 0 Å². The van der Waals surface area contributed by atoms with E-state index in [0.29, 0.717) is 5.69 Å². The maximum absolute atomic E-state index is 14.1. The Labute approximate surface area is 170 Å². The highest BCUT2D eigenvalue weighted by atomic mass is 19.1. The second kappa shape index (κ2) is 7.70. The molecular formula is C23H24FN5. The predicted molar refractivity (Wildman–Crippen MR) is 115 cm³/mol. The van der Waals surface area contributed by atoms with Crippen molar-refractivity contribution in [3.8, 4) is 0 Å². The van der Waals surface area contributed by atoms with E-state index in [9.17, 15) is 4.39 Å². The number of benzene rings is 2. The van der Waals surface area contributed by atoms with Crippen LogP contribution in [0.4, 0.5) is 27.4 Å². The molecule has 148 valence electrons. The summed E-state index contributed by atoms with van der Waals surface area (Å²) in [6.45, 7) is 4.12. The van der Waals surface area contributed by atoms with Crippen molar-refractivity contribution in [2.24, 2.45) is 0 Å². The van der Waals surface area contributed by atoms with Crippen molar-refractivity contribution < 1.29 is 4.39 Å². The number of aromatic nitrogens is 2. The lowest BCUT2D eigenvalue weighted by molar-refractivity contribution is 0.596. The lowest BCUT2D eigenvalue weighted by Crippen LogP contribution is -2.47. The molecule has 0 atom stereocenters. The van der Waals surface area contributed by atoms with Crippen molar-refractivity contribution in [1.29, 1.82) is 0 Å². The number of halogens is 1. The molecule has 1 fully saturated rings. The summed E-state index contributed by atoms with van der Waals surface area (Å²) in [6.07, 6.45) is 3.89. The minimum Gasteiger partial charge on any atom is -0.366 e. The number of para-hydroxylation sites is 2. The highest BCUT2D eigenvalue weighted by Crippen LogP contribution is 2.33. The third kappa shape index (κ3) is 3.50. The number of hydrogen-bond donors (Lipinski definition) is 0. The number of aryl methyl sites for hydroxylation is 1. The number of rotatable bonds is 3. The SMILES string of the molecule is Fc1ccccc1N1CCN(c2cc(N3CCCc4ccccc43)ncn2)CC1. The van der Waals surface area contributed by atoms with Crippen LogP contribution in [-0.4, -0.2) is 42.7 Å². The Balaban J connectivity index is 1.33. The summed E-state index contributed by atoms with van der Waals surface area (Å²) >= 11 is 0. The first-order valence-corrected chi connectivity index (χ1v) is 10.2. The zero-order valence-electron chi connectivity index (χ0n) is 16.3. The van der Waals surface area contributed by atoms with Crippen LogP contribution < -0.4 is 14.7 Å². The Kier molecular flexibility index (Phi) is 4.76. The van der Waals surface area contributed by atoms with Crippen molar-refractivity contribution in [2.45, 2.75) is 12.8 Å². The van der Waals surface area contributed by atoms with E-state index in [2.05, 4.69) is 55.0 Å². The smallest absolute Gasteiger partial charge is 0.146 e. The predicted octanol–water partition coefficient (Wildman–Crippen LogP) is 4.03. The van der Waals surface area contributed by atoms with Gasteiger partial charge in [0.1, 0.15) is 23.8 Å². The van der Waals surface area contributed by atoms with E-state index in [0.717, 1.165) is 57.2 Å². The van der Waals surface area contributed by atoms with Crippen molar-refractivity contribution in [3.63, 3.8) is 0 Å². The van der Waals surface area contributed by atoms with Crippen LogP contribution in [0, 0.1) is 5.82 Å². The van der Waals surface area contributed by atoms with Gasteiger partial charge in [-0.05, 0) is 36.6 Å². The average Bonchev–Trinajstić information content (AvgIpc) is 2.79. The van der Waals surface area contributed by atoms with Gasteiger partial charge in [0.05, 0.1) is 5.69 Å². The molecule has 3 aromatic rings. The molecule has 0 aliphatic carbocycles. The Morgan fingerprint density at radius 1 is 0.724 bits per heavy atom. The monoisotopic (exact) mass is 389 g/mol. The molecule has 0 radical (unpaired) electrons. The van der Waals surface area contributed by atoms with Gasteiger partial charge < -0.3 is 14.7 Å². The first-order valence-electron chi connectivity index (χ1n) is 10.2. The molecule has 0 unspecified atom stereocenters. The molecule has 0 bridgehead atoms. The summed E-state index contributed by atoms with van der Waals surface area (Å²) in [5, 5.41) is 0. The Hall–Kier alpha value is -3.15. The summed E-state index contributed by atoms with van der Waals surface area (Å²) < 4.78 is 14.1. The number of piperazine rings is 1. The minimum absolute atomic E-state index is 0.158. The summed E-state index contributed by atoms with van der Waals surface area (Å²) in [4.78, 5) is 15.7. The maximum atomic E-state index is 14.1. The van der Waals surface area contributed by atoms with Crippen LogP contribution in [0.15, 0.2) is 60.9 Å². The van der Waals surface area contributed by atoms with E-state index in [1.807, 2.05) is 12.1 Å². The van der Waals surface area contributed by atoms with Crippen LogP contribution in [0.1, 0.15) is 12.0 Å². The quantitative estimate of drug-likeness (QED) is 0.676. The molecule has 1 aromatic heterocycles. The van der Waals surface area contributed by atoms with Gasteiger partial charge in [0.25, 0.3) is 0 Å². The van der Waals surface area contributed by atoms with Crippen LogP contribution in [0.25, 0.3) is 0 Å². The second-order valence-electron chi connectivity index (χ2n) is 7.54. The zero-order valence-corrected chi connectivity index (χ0v) is 16.3. The molecule has 2 aliphatic heterocycles. The first kappa shape index (κ1) is 17.9. The van der Waals surface area contributed by atoms with Gasteiger partial charge in [-0.15, -0.1) is 0 Å². The normalized spacial score (nSPS) is 16.7. The lowest BCUT2D eigenvalue weighted by atomic mass is 10.0. The van der Waals surface area contributed by atoms with Crippen LogP contribution in [-0.2, 0) is 6.42 Å². The van der Waals surface area contributed by atoms with Crippen LogP contribution in [0.2, 0.25) is 0 Å². The van der Waals surface area contributed by atoms with Crippen LogP contribution in [0.5, 0.6) is 0 Å². The molecule has 0 saturated carbocycles. The molecular weight excluding hydrogens is 365 g/mol. The molecule has 2 aromatic carbocycles. The summed E-state index contributed by atoms with van der Waals surface area (Å²) in [5.41, 5.74) is 3.30. The molecule has 2 aliphatic rings. The zero-order chi connectivity index (χ0) is 19.6. The number of nitrogens with zero attached hydrogens (tertiary/aromatic N) is 5. The lowest BCUT2D eigenvalue weighted by Gasteiger charge is -2.37. The van der Waals surface area contributed by atoms with E-state index in [4.69, 9.17) is 0 Å². The average molecular weight is 389 g/mol. The molecule has 3 heterocycles. The van der Waals surface area contributed by atoms with E-state index < -0.39 is 0 Å². The molecule has 1 saturated heterocycles. The van der Waals surface area contributed by atoms with E-state index in [1.54, 1.807) is 12.4 Å². The Morgan fingerprint density at radius 3 is 2.24 bits per heavy atom. The molecule has 0 amide bonds. The standard InChI is InChI=1S/C23H24FN5/c24-19-8-2-4-10-21(19)27-12-14-28(15-13-27)22-16-23(26-17-25-22)29-11-5-7-18-6-1-3-9-20(18)29/h1-4,6,8-10,16-17H,5,7,11-15H2. The first-order chi connectivity index (χ1) is 14.3. The van der Waals surface area contributed by atoms with Crippen LogP contribution >= 0.6 is 0 Å². The molecule has 29 heavy (non-hydrogen) atoms. The fourth-order valence-electron chi connectivity index (χ4n) is 4.31. The highest BCUT2D eigenvalue weighted by Gasteiger charge is 2.23. The van der Waals surface area contributed by atoms with Gasteiger partial charge in [0.15, 0.2) is 0 Å². The van der Waals surface area contributed by atoms with Gasteiger partial charge in [-0.25, -0.2) is 14.4 Å². The molecule has 6 heteroatoms. The molecule has 0 N–H and O–H groups in total. The number of anilines is 4. The van der Waals surface area contributed by atoms with Gasteiger partial charge in [0.2, 0.25) is 0 Å². The van der Waals surface area contributed by atoms with Crippen molar-refractivity contribution in [3.05, 3.63) is 72.3 Å². The summed E-state index contributed by atoms with van der Waals surface area (Å²) in [7, 11) is 0. The third-order valence-corrected chi connectivity index (χ3v) is 5.82. The fraction of sp³-hybridized carbons (Fsp3) is 0.304. The Bertz CT molecular complexity index is 1000. The number of hydrogen-bond acceptors (Lipinski definition) is 5. The second-order valence-corrected chi connectivity index (χ2v) is 7.54. The van der Waals surface area contributed by atoms with Gasteiger partial charge in [-0.2, -0.15) is 0 Å². The minimum atomic E-state index is -0.158. The largest absolute Gasteiger partial charge is 0.366 e. The maximum Gasteiger partial charge on any atom is 0.146 e. The van der Waals surface area contributed by atoms with Crippen molar-refractivity contribution >= 4 is 23.0 Å². The number of fused-ring (bicyclic) bond motifs is 1. The third-order valence-electron chi connectivity index (χ3n) is 5.82. The highest BCUT2D eigenvalue weighted by molar-refractivity contribution is 5.67. The van der Waals surface area contributed by atoms with Crippen molar-refractivity contribution in [1.82, 2.24) is 9.97 Å². The van der Waals surface area contributed by atoms with Gasteiger partial charge in [-0.3, -0.25) is 0 Å². The van der Waals surface area contributed by atoms with E-state index in [1.165, 1.54) is 17.3 Å². The van der Waals surface area contributed by atoms with Gasteiger partial charge in [0, 0.05) is 44.5 Å². The fourth-order valence-corrected chi connectivity index (χ4v) is 4.31. The topological polar surface area (TPSA) is 35.5 Å². The summed E-state index contributed by atoms with van der Waals surface area (Å²) in [6, 6.07) is 17.6. The van der Waals surface area contributed by atoms with E-state index in [-0.39, 0.29) is 5.82 Å². The Morgan fingerprint density at radius 2 is 1.41 bits per heavy atom. The van der Waals surface area contributed by atoms with Crippen molar-refractivity contribution in [2.75, 3.05) is 47.4 Å². The van der Waals surface area contributed by atoms with Crippen LogP contribution in [0.3, 0.4) is 0 Å². The molecule has 5 nitrogen and oxygen atoms in total. The molecule has 0 spiro atoms.